The first kappa shape index (κ1) is 11.8. The highest BCUT2D eigenvalue weighted by Crippen LogP contribution is 2.36. The van der Waals surface area contributed by atoms with Crippen LogP contribution in [0.2, 0.25) is 0 Å². The van der Waals surface area contributed by atoms with E-state index in [-0.39, 0.29) is 6.61 Å². The predicted molar refractivity (Wildman–Crippen MR) is 46.9 cm³/mol. The van der Waals surface area contributed by atoms with Gasteiger partial charge >= 0.3 is 6.18 Å². The molecule has 14 heavy (non-hydrogen) atoms. The average Bonchev–Trinajstić information content (AvgIpc) is 2.84. The monoisotopic (exact) mass is 211 g/mol. The maximum absolute atomic E-state index is 11.9. The van der Waals surface area contributed by atoms with Gasteiger partial charge in [0.1, 0.15) is 0 Å². The summed E-state index contributed by atoms with van der Waals surface area (Å²) in [5.74, 6) is 0.493. The molecule has 1 saturated carbocycles. The van der Waals surface area contributed by atoms with Crippen LogP contribution in [0.15, 0.2) is 0 Å². The second kappa shape index (κ2) is 4.06. The van der Waals surface area contributed by atoms with Crippen LogP contribution >= 0.6 is 0 Å². The molecule has 2 nitrogen and oxygen atoms in total. The Morgan fingerprint density at radius 3 is 2.29 bits per heavy atom. The van der Waals surface area contributed by atoms with E-state index < -0.39 is 18.3 Å². The van der Waals surface area contributed by atoms with Crippen molar-refractivity contribution >= 4 is 0 Å². The molecule has 0 aromatic rings. The molecule has 0 amide bonds. The van der Waals surface area contributed by atoms with Gasteiger partial charge in [-0.3, -0.25) is 0 Å². The van der Waals surface area contributed by atoms with Crippen molar-refractivity contribution < 1.29 is 18.3 Å². The summed E-state index contributed by atoms with van der Waals surface area (Å²) >= 11 is 0. The Kier molecular flexibility index (Phi) is 3.42. The quantitative estimate of drug-likeness (QED) is 0.725. The smallest absolute Gasteiger partial charge is 0.394 e. The molecular weight excluding hydrogens is 195 g/mol. The van der Waals surface area contributed by atoms with Crippen molar-refractivity contribution in [2.24, 2.45) is 5.92 Å². The summed E-state index contributed by atoms with van der Waals surface area (Å²) < 4.78 is 35.8. The average molecular weight is 211 g/mol. The highest BCUT2D eigenvalue weighted by Gasteiger charge is 2.36. The van der Waals surface area contributed by atoms with E-state index in [1.807, 2.05) is 0 Å². The van der Waals surface area contributed by atoms with Crippen LogP contribution in [-0.2, 0) is 0 Å². The van der Waals surface area contributed by atoms with Crippen LogP contribution < -0.4 is 5.32 Å². The number of alkyl halides is 3. The van der Waals surface area contributed by atoms with Gasteiger partial charge in [0.05, 0.1) is 13.2 Å². The van der Waals surface area contributed by atoms with Crippen LogP contribution in [0.5, 0.6) is 0 Å². The van der Waals surface area contributed by atoms with E-state index in [4.69, 9.17) is 5.11 Å². The number of nitrogens with one attached hydrogen (secondary N) is 1. The first-order valence-corrected chi connectivity index (χ1v) is 4.77. The van der Waals surface area contributed by atoms with Gasteiger partial charge in [-0.25, -0.2) is 0 Å². The zero-order valence-electron chi connectivity index (χ0n) is 8.19. The van der Waals surface area contributed by atoms with Gasteiger partial charge < -0.3 is 10.4 Å². The Hall–Kier alpha value is -0.290. The molecule has 1 unspecified atom stereocenters. The van der Waals surface area contributed by atoms with Gasteiger partial charge in [-0.2, -0.15) is 13.2 Å². The summed E-state index contributed by atoms with van der Waals surface area (Å²) in [7, 11) is 0. The van der Waals surface area contributed by atoms with E-state index >= 15 is 0 Å². The largest absolute Gasteiger partial charge is 0.401 e. The molecule has 0 bridgehead atoms. The van der Waals surface area contributed by atoms with E-state index in [0.717, 1.165) is 12.8 Å². The van der Waals surface area contributed by atoms with Crippen molar-refractivity contribution in [3.8, 4) is 0 Å². The summed E-state index contributed by atoms with van der Waals surface area (Å²) in [6, 6.07) is 0. The Labute approximate surface area is 81.5 Å². The molecule has 84 valence electrons. The Bertz CT molecular complexity index is 191. The molecule has 0 aliphatic heterocycles. The normalized spacial score (nSPS) is 22.1. The van der Waals surface area contributed by atoms with Crippen molar-refractivity contribution in [2.75, 3.05) is 13.2 Å². The topological polar surface area (TPSA) is 32.3 Å². The molecule has 0 radical (unpaired) electrons. The SMILES string of the molecule is CC(CO)(CC1CC1)NCC(F)(F)F. The third kappa shape index (κ3) is 4.28. The zero-order valence-corrected chi connectivity index (χ0v) is 8.19. The van der Waals surface area contributed by atoms with Gasteiger partial charge in [-0.1, -0.05) is 12.8 Å². The van der Waals surface area contributed by atoms with E-state index in [0.29, 0.717) is 12.3 Å². The minimum absolute atomic E-state index is 0.250. The van der Waals surface area contributed by atoms with E-state index in [2.05, 4.69) is 5.32 Å². The van der Waals surface area contributed by atoms with E-state index in [1.54, 1.807) is 6.92 Å². The lowest BCUT2D eigenvalue weighted by Crippen LogP contribution is -2.49. The fourth-order valence-corrected chi connectivity index (χ4v) is 1.47. The molecule has 1 fully saturated rings. The molecule has 0 heterocycles. The molecule has 1 aliphatic carbocycles. The molecule has 0 saturated heterocycles. The van der Waals surface area contributed by atoms with Crippen LogP contribution in [-0.4, -0.2) is 30.0 Å². The lowest BCUT2D eigenvalue weighted by Gasteiger charge is -2.29. The summed E-state index contributed by atoms with van der Waals surface area (Å²) in [5, 5.41) is 11.4. The minimum Gasteiger partial charge on any atom is -0.394 e. The number of aliphatic hydroxyl groups excluding tert-OH is 1. The lowest BCUT2D eigenvalue weighted by atomic mass is 9.96. The molecule has 1 atom stereocenters. The lowest BCUT2D eigenvalue weighted by molar-refractivity contribution is -0.129. The summed E-state index contributed by atoms with van der Waals surface area (Å²) in [4.78, 5) is 0. The fourth-order valence-electron chi connectivity index (χ4n) is 1.47. The van der Waals surface area contributed by atoms with Crippen molar-refractivity contribution in [3.05, 3.63) is 0 Å². The van der Waals surface area contributed by atoms with Gasteiger partial charge in [0, 0.05) is 5.54 Å². The first-order chi connectivity index (χ1) is 6.35. The fraction of sp³-hybridized carbons (Fsp3) is 1.00. The number of halogens is 3. The molecule has 5 heteroatoms. The Balaban J connectivity index is 2.35. The Morgan fingerprint density at radius 2 is 1.93 bits per heavy atom. The molecular formula is C9H16F3NO. The van der Waals surface area contributed by atoms with Crippen molar-refractivity contribution in [3.63, 3.8) is 0 Å². The van der Waals surface area contributed by atoms with E-state index in [1.165, 1.54) is 0 Å². The van der Waals surface area contributed by atoms with Gasteiger partial charge in [0.2, 0.25) is 0 Å². The summed E-state index contributed by atoms with van der Waals surface area (Å²) in [6.07, 6.45) is -1.44. The molecule has 1 aliphatic rings. The van der Waals surface area contributed by atoms with Gasteiger partial charge in [-0.05, 0) is 19.3 Å². The van der Waals surface area contributed by atoms with Crippen LogP contribution in [0.25, 0.3) is 0 Å². The summed E-state index contributed by atoms with van der Waals surface area (Å²) in [5.41, 5.74) is -0.781. The standard InChI is InChI=1S/C9H16F3NO/c1-8(6-14,4-7-2-3-7)13-5-9(10,11)12/h7,13-14H,2-6H2,1H3. The third-order valence-corrected chi connectivity index (χ3v) is 2.50. The molecule has 0 spiro atoms. The first-order valence-electron chi connectivity index (χ1n) is 4.77. The second-order valence-electron chi connectivity index (χ2n) is 4.34. The number of aliphatic hydroxyl groups is 1. The van der Waals surface area contributed by atoms with Crippen molar-refractivity contribution in [1.29, 1.82) is 0 Å². The van der Waals surface area contributed by atoms with Crippen LogP contribution in [0.3, 0.4) is 0 Å². The second-order valence-corrected chi connectivity index (χ2v) is 4.34. The van der Waals surface area contributed by atoms with Crippen LogP contribution in [0.1, 0.15) is 26.2 Å². The van der Waals surface area contributed by atoms with Crippen LogP contribution in [0, 0.1) is 5.92 Å². The third-order valence-electron chi connectivity index (χ3n) is 2.50. The minimum atomic E-state index is -4.21. The number of rotatable bonds is 5. The zero-order chi connectivity index (χ0) is 10.8. The van der Waals surface area contributed by atoms with Gasteiger partial charge in [0.25, 0.3) is 0 Å². The number of hydrogen-bond donors (Lipinski definition) is 2. The van der Waals surface area contributed by atoms with Gasteiger partial charge in [-0.15, -0.1) is 0 Å². The predicted octanol–water partition coefficient (Wildman–Crippen LogP) is 1.69. The molecule has 0 aromatic heterocycles. The maximum Gasteiger partial charge on any atom is 0.401 e. The van der Waals surface area contributed by atoms with Crippen LogP contribution in [0.4, 0.5) is 13.2 Å². The molecule has 1 rings (SSSR count). The van der Waals surface area contributed by atoms with E-state index in [9.17, 15) is 13.2 Å². The van der Waals surface area contributed by atoms with Crippen molar-refractivity contribution in [1.82, 2.24) is 5.32 Å². The summed E-state index contributed by atoms with van der Waals surface area (Å²) in [6.45, 7) is 0.355. The highest BCUT2D eigenvalue weighted by molar-refractivity contribution is 4.90. The molecule has 0 aromatic carbocycles. The molecule has 2 N–H and O–H groups in total. The van der Waals surface area contributed by atoms with Crippen molar-refractivity contribution in [2.45, 2.75) is 37.9 Å². The maximum atomic E-state index is 11.9. The Morgan fingerprint density at radius 1 is 1.36 bits per heavy atom. The number of hydrogen-bond acceptors (Lipinski definition) is 2. The van der Waals surface area contributed by atoms with Gasteiger partial charge in [0.15, 0.2) is 0 Å². The highest BCUT2D eigenvalue weighted by atomic mass is 19.4.